The molecule has 1 saturated carbocycles. The summed E-state index contributed by atoms with van der Waals surface area (Å²) < 4.78 is 10.9. The largest absolute Gasteiger partial charge is 0.444 e. The lowest BCUT2D eigenvalue weighted by atomic mass is 9.89. The van der Waals surface area contributed by atoms with Gasteiger partial charge >= 0.3 is 12.2 Å². The number of fused-ring (bicyclic) bond motifs is 1. The Bertz CT molecular complexity index is 866. The highest BCUT2D eigenvalue weighted by Gasteiger charge is 2.34. The van der Waals surface area contributed by atoms with E-state index in [9.17, 15) is 14.7 Å². The lowest BCUT2D eigenvalue weighted by Crippen LogP contribution is -2.48. The number of benzene rings is 1. The number of carbonyl (C=O) groups excluding carboxylic acids is 2. The quantitative estimate of drug-likeness (QED) is 0.589. The molecule has 1 fully saturated rings. The molecule has 8 heteroatoms. The second kappa shape index (κ2) is 10.4. The van der Waals surface area contributed by atoms with Crippen LogP contribution in [0.4, 0.5) is 15.3 Å². The zero-order valence-corrected chi connectivity index (χ0v) is 21.4. The lowest BCUT2D eigenvalue weighted by molar-refractivity contribution is 0.00463. The highest BCUT2D eigenvalue weighted by Crippen LogP contribution is 2.32. The SMILES string of the molecule is CC(C)(C)OC(=O)NC1CCC(Nc2cccc3c2C[C@H](CO)N(C(=O)OC(C)(C)C)C3)CC1. The van der Waals surface area contributed by atoms with Crippen molar-refractivity contribution in [3.8, 4) is 0 Å². The van der Waals surface area contributed by atoms with Crippen molar-refractivity contribution in [2.75, 3.05) is 11.9 Å². The first-order valence-corrected chi connectivity index (χ1v) is 12.3. The molecule has 3 rings (SSSR count). The van der Waals surface area contributed by atoms with E-state index in [2.05, 4.69) is 16.7 Å². The van der Waals surface area contributed by atoms with Crippen LogP contribution in [0.5, 0.6) is 0 Å². The minimum absolute atomic E-state index is 0.117. The second-order valence-corrected chi connectivity index (χ2v) is 11.4. The molecule has 0 aromatic heterocycles. The summed E-state index contributed by atoms with van der Waals surface area (Å²) in [7, 11) is 0. The van der Waals surface area contributed by atoms with Crippen LogP contribution in [0.15, 0.2) is 18.2 Å². The molecule has 1 heterocycles. The van der Waals surface area contributed by atoms with E-state index in [4.69, 9.17) is 9.47 Å². The maximum atomic E-state index is 12.7. The number of hydrogen-bond donors (Lipinski definition) is 3. The van der Waals surface area contributed by atoms with Gasteiger partial charge in [-0.2, -0.15) is 0 Å². The minimum atomic E-state index is -0.585. The standard InChI is InChI=1S/C26H41N3O5/c1-25(2,3)33-23(31)28-19-12-10-18(11-13-19)27-22-9-7-8-17-15-29(20(16-30)14-21(17)22)24(32)34-26(4,5)6/h7-9,18-20,27,30H,10-16H2,1-6H3,(H,28,31)/t18?,19?,20-/m1/s1. The first-order chi connectivity index (χ1) is 15.8. The van der Waals surface area contributed by atoms with E-state index >= 15 is 0 Å². The summed E-state index contributed by atoms with van der Waals surface area (Å²) in [6.45, 7) is 11.4. The predicted molar refractivity (Wildman–Crippen MR) is 132 cm³/mol. The number of nitrogens with zero attached hydrogens (tertiary/aromatic N) is 1. The van der Waals surface area contributed by atoms with Gasteiger partial charge in [0.05, 0.1) is 12.6 Å². The number of amides is 2. The number of aliphatic hydroxyl groups excluding tert-OH is 1. The van der Waals surface area contributed by atoms with E-state index in [1.54, 1.807) is 4.90 Å². The van der Waals surface area contributed by atoms with Crippen molar-refractivity contribution < 1.29 is 24.2 Å². The van der Waals surface area contributed by atoms with Crippen molar-refractivity contribution in [3.05, 3.63) is 29.3 Å². The van der Waals surface area contributed by atoms with Crippen LogP contribution in [0.3, 0.4) is 0 Å². The Labute approximate surface area is 203 Å². The molecule has 0 bridgehead atoms. The Morgan fingerprint density at radius 3 is 2.21 bits per heavy atom. The minimum Gasteiger partial charge on any atom is -0.444 e. The third kappa shape index (κ3) is 7.26. The van der Waals surface area contributed by atoms with Crippen LogP contribution in [0.1, 0.15) is 78.4 Å². The fourth-order valence-corrected chi connectivity index (χ4v) is 4.59. The van der Waals surface area contributed by atoms with Crippen molar-refractivity contribution in [3.63, 3.8) is 0 Å². The van der Waals surface area contributed by atoms with Crippen molar-refractivity contribution in [2.45, 2.75) is 110 Å². The summed E-state index contributed by atoms with van der Waals surface area (Å²) in [5.41, 5.74) is 2.19. The van der Waals surface area contributed by atoms with Crippen LogP contribution < -0.4 is 10.6 Å². The highest BCUT2D eigenvalue weighted by molar-refractivity contribution is 5.70. The molecule has 2 aliphatic rings. The average Bonchev–Trinajstić information content (AvgIpc) is 2.72. The number of hydrogen-bond acceptors (Lipinski definition) is 6. The van der Waals surface area contributed by atoms with Gasteiger partial charge in [0.2, 0.25) is 0 Å². The number of rotatable bonds is 4. The van der Waals surface area contributed by atoms with Gasteiger partial charge in [-0.1, -0.05) is 12.1 Å². The molecule has 1 aliphatic carbocycles. The lowest BCUT2D eigenvalue weighted by Gasteiger charge is -2.38. The summed E-state index contributed by atoms with van der Waals surface area (Å²) in [6.07, 6.45) is 3.48. The third-order valence-electron chi connectivity index (χ3n) is 6.14. The molecule has 0 radical (unpaired) electrons. The fourth-order valence-electron chi connectivity index (χ4n) is 4.59. The van der Waals surface area contributed by atoms with Gasteiger partial charge in [0.25, 0.3) is 0 Å². The first-order valence-electron chi connectivity index (χ1n) is 12.3. The van der Waals surface area contributed by atoms with E-state index in [0.717, 1.165) is 42.5 Å². The zero-order chi connectivity index (χ0) is 25.1. The van der Waals surface area contributed by atoms with Crippen LogP contribution in [-0.2, 0) is 22.4 Å². The highest BCUT2D eigenvalue weighted by atomic mass is 16.6. The normalized spacial score (nSPS) is 23.0. The molecule has 190 valence electrons. The number of carbonyl (C=O) groups is 2. The van der Waals surface area contributed by atoms with Crippen molar-refractivity contribution in [2.24, 2.45) is 0 Å². The van der Waals surface area contributed by atoms with Crippen LogP contribution in [0.25, 0.3) is 0 Å². The summed E-state index contributed by atoms with van der Waals surface area (Å²) in [5, 5.41) is 16.7. The van der Waals surface area contributed by atoms with E-state index in [-0.39, 0.29) is 24.8 Å². The van der Waals surface area contributed by atoms with E-state index < -0.39 is 17.3 Å². The Balaban J connectivity index is 1.61. The van der Waals surface area contributed by atoms with Gasteiger partial charge in [0.1, 0.15) is 11.2 Å². The average molecular weight is 476 g/mol. The molecule has 0 unspecified atom stereocenters. The maximum absolute atomic E-state index is 12.7. The molecule has 0 saturated heterocycles. The molecule has 1 atom stereocenters. The van der Waals surface area contributed by atoms with Gasteiger partial charge in [-0.05, 0) is 90.8 Å². The van der Waals surface area contributed by atoms with E-state index in [1.165, 1.54) is 0 Å². The molecule has 2 amide bonds. The molecule has 1 aromatic carbocycles. The van der Waals surface area contributed by atoms with Gasteiger partial charge < -0.3 is 25.2 Å². The van der Waals surface area contributed by atoms with Crippen LogP contribution in [0.2, 0.25) is 0 Å². The van der Waals surface area contributed by atoms with Crippen molar-refractivity contribution in [1.82, 2.24) is 10.2 Å². The van der Waals surface area contributed by atoms with Gasteiger partial charge in [0, 0.05) is 24.3 Å². The monoisotopic (exact) mass is 475 g/mol. The summed E-state index contributed by atoms with van der Waals surface area (Å²) in [6, 6.07) is 6.22. The van der Waals surface area contributed by atoms with E-state index in [0.29, 0.717) is 19.0 Å². The van der Waals surface area contributed by atoms with Gasteiger partial charge in [-0.3, -0.25) is 4.90 Å². The summed E-state index contributed by atoms with van der Waals surface area (Å²) >= 11 is 0. The van der Waals surface area contributed by atoms with E-state index in [1.807, 2.05) is 53.7 Å². The Morgan fingerprint density at radius 1 is 1.00 bits per heavy atom. The Morgan fingerprint density at radius 2 is 1.62 bits per heavy atom. The topological polar surface area (TPSA) is 100 Å². The van der Waals surface area contributed by atoms with Crippen LogP contribution in [0, 0.1) is 0 Å². The number of nitrogens with one attached hydrogen (secondary N) is 2. The molecule has 8 nitrogen and oxygen atoms in total. The summed E-state index contributed by atoms with van der Waals surface area (Å²) in [4.78, 5) is 26.4. The van der Waals surface area contributed by atoms with Crippen molar-refractivity contribution in [1.29, 1.82) is 0 Å². The smallest absolute Gasteiger partial charge is 0.410 e. The van der Waals surface area contributed by atoms with Crippen molar-refractivity contribution >= 4 is 17.9 Å². The van der Waals surface area contributed by atoms with Crippen LogP contribution >= 0.6 is 0 Å². The maximum Gasteiger partial charge on any atom is 0.410 e. The van der Waals surface area contributed by atoms with Gasteiger partial charge in [-0.15, -0.1) is 0 Å². The second-order valence-electron chi connectivity index (χ2n) is 11.4. The molecular weight excluding hydrogens is 434 g/mol. The predicted octanol–water partition coefficient (Wildman–Crippen LogP) is 4.59. The Hall–Kier alpha value is -2.48. The molecule has 34 heavy (non-hydrogen) atoms. The van der Waals surface area contributed by atoms with Gasteiger partial charge in [0.15, 0.2) is 0 Å². The molecule has 1 aromatic rings. The molecule has 0 spiro atoms. The van der Waals surface area contributed by atoms with Gasteiger partial charge in [-0.25, -0.2) is 9.59 Å². The molecular formula is C26H41N3O5. The molecule has 3 N–H and O–H groups in total. The first kappa shape index (κ1) is 26.1. The number of aliphatic hydroxyl groups is 1. The number of ether oxygens (including phenoxy) is 2. The van der Waals surface area contributed by atoms with Crippen LogP contribution in [-0.4, -0.2) is 58.1 Å². The summed E-state index contributed by atoms with van der Waals surface area (Å²) in [5.74, 6) is 0. The third-order valence-corrected chi connectivity index (χ3v) is 6.14. The fraction of sp³-hybridized carbons (Fsp3) is 0.692. The number of alkyl carbamates (subject to hydrolysis) is 1. The number of anilines is 1. The Kier molecular flexibility index (Phi) is 8.01. The zero-order valence-electron chi connectivity index (χ0n) is 21.4. The molecule has 1 aliphatic heterocycles.